The molecule has 1 aromatic carbocycles. The molecular formula is C18H25N3O4. The number of amides is 1. The highest BCUT2D eigenvalue weighted by Gasteiger charge is 2.26. The number of carbonyl (C=O) groups is 1. The molecule has 7 heteroatoms. The number of hydrogen-bond acceptors (Lipinski definition) is 5. The second kappa shape index (κ2) is 7.82. The number of carbonyl (C=O) groups excluding carboxylic acids is 1. The summed E-state index contributed by atoms with van der Waals surface area (Å²) < 4.78 is 5.46. The van der Waals surface area contributed by atoms with Crippen LogP contribution in [0.15, 0.2) is 18.2 Å². The van der Waals surface area contributed by atoms with Gasteiger partial charge in [0.15, 0.2) is 0 Å². The molecule has 2 aliphatic heterocycles. The van der Waals surface area contributed by atoms with E-state index in [-0.39, 0.29) is 22.6 Å². The molecule has 0 aromatic heterocycles. The molecule has 0 spiro atoms. The van der Waals surface area contributed by atoms with Crippen LogP contribution in [-0.2, 0) is 4.74 Å². The molecule has 0 bridgehead atoms. The summed E-state index contributed by atoms with van der Waals surface area (Å²) in [7, 11) is 0. The van der Waals surface area contributed by atoms with Crippen LogP contribution < -0.4 is 4.90 Å². The van der Waals surface area contributed by atoms with Gasteiger partial charge in [0.1, 0.15) is 5.69 Å². The van der Waals surface area contributed by atoms with E-state index >= 15 is 0 Å². The molecule has 0 radical (unpaired) electrons. The zero-order valence-corrected chi connectivity index (χ0v) is 14.6. The molecular weight excluding hydrogens is 322 g/mol. The quantitative estimate of drug-likeness (QED) is 0.621. The summed E-state index contributed by atoms with van der Waals surface area (Å²) in [6.07, 6.45) is 4.41. The lowest BCUT2D eigenvalue weighted by Crippen LogP contribution is -2.44. The Morgan fingerprint density at radius 2 is 1.92 bits per heavy atom. The van der Waals surface area contributed by atoms with Crippen molar-refractivity contribution < 1.29 is 14.5 Å². The number of anilines is 1. The molecule has 0 N–H and O–H groups in total. The molecule has 1 atom stereocenters. The maximum absolute atomic E-state index is 12.7. The van der Waals surface area contributed by atoms with Gasteiger partial charge in [-0.2, -0.15) is 0 Å². The minimum atomic E-state index is -0.376. The van der Waals surface area contributed by atoms with E-state index in [1.54, 1.807) is 17.0 Å². The molecule has 2 saturated heterocycles. The van der Waals surface area contributed by atoms with Gasteiger partial charge in [0.2, 0.25) is 0 Å². The van der Waals surface area contributed by atoms with Crippen molar-refractivity contribution in [2.24, 2.45) is 0 Å². The number of ether oxygens (including phenoxy) is 1. The van der Waals surface area contributed by atoms with Crippen LogP contribution in [0.4, 0.5) is 11.4 Å². The number of nitro groups is 1. The van der Waals surface area contributed by atoms with Crippen LogP contribution in [0, 0.1) is 10.1 Å². The predicted octanol–water partition coefficient (Wildman–Crippen LogP) is 2.84. The third-order valence-electron chi connectivity index (χ3n) is 4.89. The lowest BCUT2D eigenvalue weighted by atomic mass is 10.1. The van der Waals surface area contributed by atoms with E-state index < -0.39 is 0 Å². The first kappa shape index (κ1) is 17.7. The normalized spacial score (nSPS) is 21.7. The fraction of sp³-hybridized carbons (Fsp3) is 0.611. The zero-order chi connectivity index (χ0) is 17.8. The highest BCUT2D eigenvalue weighted by atomic mass is 16.6. The van der Waals surface area contributed by atoms with Crippen LogP contribution in [0.5, 0.6) is 0 Å². The maximum Gasteiger partial charge on any atom is 0.293 e. The Morgan fingerprint density at radius 1 is 1.20 bits per heavy atom. The Bertz CT molecular complexity index is 641. The largest absolute Gasteiger partial charge is 0.375 e. The van der Waals surface area contributed by atoms with E-state index in [0.717, 1.165) is 38.8 Å². The van der Waals surface area contributed by atoms with Crippen molar-refractivity contribution in [2.45, 2.75) is 38.7 Å². The standard InChI is InChI=1S/C18H25N3O4/c1-14-13-20(10-11-25-14)18(22)15-6-7-16(17(12-15)21(23)24)19-8-4-2-3-5-9-19/h6-7,12,14H,2-5,8-11,13H2,1H3. The SMILES string of the molecule is CC1CN(C(=O)c2ccc(N3CCCCCC3)c([N+](=O)[O-])c2)CCO1. The predicted molar refractivity (Wildman–Crippen MR) is 95.1 cm³/mol. The fourth-order valence-electron chi connectivity index (χ4n) is 3.57. The highest BCUT2D eigenvalue weighted by Crippen LogP contribution is 2.31. The van der Waals surface area contributed by atoms with Gasteiger partial charge in [-0.25, -0.2) is 0 Å². The van der Waals surface area contributed by atoms with Gasteiger partial charge >= 0.3 is 0 Å². The lowest BCUT2D eigenvalue weighted by molar-refractivity contribution is -0.384. The van der Waals surface area contributed by atoms with Crippen molar-refractivity contribution in [2.75, 3.05) is 37.7 Å². The molecule has 2 fully saturated rings. The van der Waals surface area contributed by atoms with E-state index in [1.807, 2.05) is 6.92 Å². The van der Waals surface area contributed by atoms with Crippen molar-refractivity contribution in [1.82, 2.24) is 4.90 Å². The molecule has 136 valence electrons. The topological polar surface area (TPSA) is 75.9 Å². The molecule has 0 saturated carbocycles. The van der Waals surface area contributed by atoms with Crippen LogP contribution in [0.1, 0.15) is 43.0 Å². The number of benzene rings is 1. The third-order valence-corrected chi connectivity index (χ3v) is 4.89. The summed E-state index contributed by atoms with van der Waals surface area (Å²) in [5.74, 6) is -0.166. The Kier molecular flexibility index (Phi) is 5.53. The summed E-state index contributed by atoms with van der Waals surface area (Å²) in [4.78, 5) is 27.7. The molecule has 2 heterocycles. The third kappa shape index (κ3) is 4.10. The van der Waals surface area contributed by atoms with Crippen molar-refractivity contribution in [3.63, 3.8) is 0 Å². The monoisotopic (exact) mass is 347 g/mol. The van der Waals surface area contributed by atoms with Gasteiger partial charge in [-0.05, 0) is 31.9 Å². The Labute approximate surface area is 147 Å². The number of nitrogens with zero attached hydrogens (tertiary/aromatic N) is 3. The van der Waals surface area contributed by atoms with Crippen LogP contribution in [0.2, 0.25) is 0 Å². The Morgan fingerprint density at radius 3 is 2.56 bits per heavy atom. The van der Waals surface area contributed by atoms with E-state index in [0.29, 0.717) is 30.9 Å². The van der Waals surface area contributed by atoms with E-state index in [4.69, 9.17) is 4.74 Å². The van der Waals surface area contributed by atoms with Crippen molar-refractivity contribution in [1.29, 1.82) is 0 Å². The zero-order valence-electron chi connectivity index (χ0n) is 14.6. The van der Waals surface area contributed by atoms with Crippen molar-refractivity contribution >= 4 is 17.3 Å². The lowest BCUT2D eigenvalue weighted by Gasteiger charge is -2.31. The van der Waals surface area contributed by atoms with Gasteiger partial charge in [-0.3, -0.25) is 14.9 Å². The van der Waals surface area contributed by atoms with Gasteiger partial charge in [-0.15, -0.1) is 0 Å². The molecule has 1 amide bonds. The molecule has 7 nitrogen and oxygen atoms in total. The molecule has 0 aliphatic carbocycles. The van der Waals surface area contributed by atoms with Gasteiger partial charge in [-0.1, -0.05) is 12.8 Å². The van der Waals surface area contributed by atoms with E-state index in [9.17, 15) is 14.9 Å². The van der Waals surface area contributed by atoms with Gasteiger partial charge in [0.25, 0.3) is 11.6 Å². The van der Waals surface area contributed by atoms with Gasteiger partial charge < -0.3 is 14.5 Å². The van der Waals surface area contributed by atoms with Gasteiger partial charge in [0, 0.05) is 37.8 Å². The van der Waals surface area contributed by atoms with Crippen LogP contribution >= 0.6 is 0 Å². The Hall–Kier alpha value is -2.15. The first-order valence-corrected chi connectivity index (χ1v) is 9.00. The average molecular weight is 347 g/mol. The van der Waals surface area contributed by atoms with Crippen LogP contribution in [0.25, 0.3) is 0 Å². The molecule has 25 heavy (non-hydrogen) atoms. The second-order valence-corrected chi connectivity index (χ2v) is 6.79. The van der Waals surface area contributed by atoms with Gasteiger partial charge in [0.05, 0.1) is 17.6 Å². The molecule has 1 unspecified atom stereocenters. The second-order valence-electron chi connectivity index (χ2n) is 6.79. The summed E-state index contributed by atoms with van der Waals surface area (Å²) in [6.45, 7) is 5.11. The smallest absolute Gasteiger partial charge is 0.293 e. The molecule has 3 rings (SSSR count). The number of morpholine rings is 1. The summed E-state index contributed by atoms with van der Waals surface area (Å²) in [6, 6.07) is 4.89. The minimum Gasteiger partial charge on any atom is -0.375 e. The van der Waals surface area contributed by atoms with Crippen LogP contribution in [0.3, 0.4) is 0 Å². The first-order valence-electron chi connectivity index (χ1n) is 9.00. The maximum atomic E-state index is 12.7. The van der Waals surface area contributed by atoms with Crippen LogP contribution in [-0.4, -0.2) is 54.6 Å². The molecule has 2 aliphatic rings. The average Bonchev–Trinajstić information content (AvgIpc) is 2.90. The summed E-state index contributed by atoms with van der Waals surface area (Å²) in [5, 5.41) is 11.6. The highest BCUT2D eigenvalue weighted by molar-refractivity contribution is 5.96. The fourth-order valence-corrected chi connectivity index (χ4v) is 3.57. The van der Waals surface area contributed by atoms with Crippen molar-refractivity contribution in [3.05, 3.63) is 33.9 Å². The summed E-state index contributed by atoms with van der Waals surface area (Å²) in [5.41, 5.74) is 1.02. The molecule has 1 aromatic rings. The Balaban J connectivity index is 1.85. The first-order chi connectivity index (χ1) is 12.1. The summed E-state index contributed by atoms with van der Waals surface area (Å²) >= 11 is 0. The van der Waals surface area contributed by atoms with E-state index in [1.165, 1.54) is 6.07 Å². The minimum absolute atomic E-state index is 0.0101. The number of hydrogen-bond donors (Lipinski definition) is 0. The number of rotatable bonds is 3. The number of nitro benzene ring substituents is 1. The van der Waals surface area contributed by atoms with Crippen molar-refractivity contribution in [3.8, 4) is 0 Å². The van der Waals surface area contributed by atoms with E-state index in [2.05, 4.69) is 4.90 Å².